The molecule has 2 aromatic rings. The van der Waals surface area contributed by atoms with Gasteiger partial charge in [-0.1, -0.05) is 42.1 Å². The minimum absolute atomic E-state index is 0.212. The Morgan fingerprint density at radius 2 is 2.26 bits per heavy atom. The molecule has 0 spiro atoms. The Labute approximate surface area is 140 Å². The van der Waals surface area contributed by atoms with Gasteiger partial charge in [-0.3, -0.25) is 4.79 Å². The van der Waals surface area contributed by atoms with Gasteiger partial charge >= 0.3 is 5.97 Å². The van der Waals surface area contributed by atoms with Gasteiger partial charge in [0.15, 0.2) is 5.16 Å². The molecule has 0 N–H and O–H groups in total. The second-order valence-corrected chi connectivity index (χ2v) is 6.34. The van der Waals surface area contributed by atoms with Crippen LogP contribution in [0.1, 0.15) is 12.8 Å². The molecule has 6 heteroatoms. The average Bonchev–Trinajstić information content (AvgIpc) is 3.24. The molecule has 1 aliphatic rings. The Kier molecular flexibility index (Phi) is 5.35. The summed E-state index contributed by atoms with van der Waals surface area (Å²) < 4.78 is 12.6. The smallest absolute Gasteiger partial charge is 0.316 e. The zero-order valence-corrected chi connectivity index (χ0v) is 13.9. The first-order valence-electron chi connectivity index (χ1n) is 7.70. The van der Waals surface area contributed by atoms with Gasteiger partial charge in [0.05, 0.1) is 37.4 Å². The van der Waals surface area contributed by atoms with Crippen molar-refractivity contribution in [2.24, 2.45) is 0 Å². The topological polar surface area (TPSA) is 53.3 Å². The van der Waals surface area contributed by atoms with E-state index in [9.17, 15) is 4.79 Å². The molecule has 1 aromatic heterocycles. The van der Waals surface area contributed by atoms with E-state index in [4.69, 9.17) is 9.47 Å². The summed E-state index contributed by atoms with van der Waals surface area (Å²) in [6, 6.07) is 10.2. The molecule has 0 saturated carbocycles. The Morgan fingerprint density at radius 1 is 1.43 bits per heavy atom. The van der Waals surface area contributed by atoms with Crippen LogP contribution in [-0.4, -0.2) is 41.1 Å². The largest absolute Gasteiger partial charge is 0.468 e. The van der Waals surface area contributed by atoms with E-state index in [-0.39, 0.29) is 17.8 Å². The first-order chi connectivity index (χ1) is 11.3. The van der Waals surface area contributed by atoms with Crippen LogP contribution >= 0.6 is 11.8 Å². The van der Waals surface area contributed by atoms with Gasteiger partial charge in [-0.05, 0) is 18.4 Å². The van der Waals surface area contributed by atoms with Gasteiger partial charge < -0.3 is 14.0 Å². The highest BCUT2D eigenvalue weighted by molar-refractivity contribution is 7.99. The van der Waals surface area contributed by atoms with Gasteiger partial charge in [0.25, 0.3) is 0 Å². The fourth-order valence-corrected chi connectivity index (χ4v) is 3.48. The first kappa shape index (κ1) is 16.1. The average molecular weight is 332 g/mol. The fraction of sp³-hybridized carbons (Fsp3) is 0.412. The number of methoxy groups -OCH3 is 1. The van der Waals surface area contributed by atoms with Gasteiger partial charge in [0.2, 0.25) is 0 Å². The highest BCUT2D eigenvalue weighted by Gasteiger charge is 2.21. The molecule has 122 valence electrons. The number of carbonyl (C=O) groups excluding carboxylic acids is 1. The van der Waals surface area contributed by atoms with Crippen LogP contribution in [0.25, 0.3) is 11.3 Å². The Balaban J connectivity index is 1.86. The standard InChI is InChI=1S/C17H20N2O3S/c1-21-16(20)12-23-17-18-10-15(13-6-3-2-4-7-13)19(17)11-14-8-5-9-22-14/h2-4,6-7,10,14H,5,8-9,11-12H2,1H3. The third-order valence-electron chi connectivity index (χ3n) is 3.85. The van der Waals surface area contributed by atoms with E-state index < -0.39 is 0 Å². The number of benzene rings is 1. The van der Waals surface area contributed by atoms with Crippen molar-refractivity contribution in [3.8, 4) is 11.3 Å². The normalized spacial score (nSPS) is 17.3. The quantitative estimate of drug-likeness (QED) is 0.601. The molecule has 2 heterocycles. The number of aromatic nitrogens is 2. The number of imidazole rings is 1. The zero-order valence-electron chi connectivity index (χ0n) is 13.1. The van der Waals surface area contributed by atoms with E-state index in [1.807, 2.05) is 24.4 Å². The lowest BCUT2D eigenvalue weighted by Crippen LogP contribution is -2.17. The van der Waals surface area contributed by atoms with E-state index in [1.54, 1.807) is 0 Å². The monoisotopic (exact) mass is 332 g/mol. The van der Waals surface area contributed by atoms with Crippen molar-refractivity contribution >= 4 is 17.7 Å². The van der Waals surface area contributed by atoms with E-state index in [2.05, 4.69) is 21.7 Å². The molecule has 1 atom stereocenters. The van der Waals surface area contributed by atoms with Crippen LogP contribution in [0.2, 0.25) is 0 Å². The maximum atomic E-state index is 11.4. The van der Waals surface area contributed by atoms with E-state index in [1.165, 1.54) is 18.9 Å². The molecule has 1 fully saturated rings. The van der Waals surface area contributed by atoms with Crippen molar-refractivity contribution < 1.29 is 14.3 Å². The summed E-state index contributed by atoms with van der Waals surface area (Å²) in [5.74, 6) is 0.00992. The first-order valence-corrected chi connectivity index (χ1v) is 8.68. The molecule has 1 aromatic carbocycles. The van der Waals surface area contributed by atoms with Crippen molar-refractivity contribution in [3.05, 3.63) is 36.5 Å². The van der Waals surface area contributed by atoms with Crippen molar-refractivity contribution in [1.29, 1.82) is 0 Å². The Morgan fingerprint density at radius 3 is 2.96 bits per heavy atom. The summed E-state index contributed by atoms with van der Waals surface area (Å²) in [5, 5.41) is 0.824. The van der Waals surface area contributed by atoms with Crippen LogP contribution in [-0.2, 0) is 20.8 Å². The summed E-state index contributed by atoms with van der Waals surface area (Å²) in [5.41, 5.74) is 2.16. The van der Waals surface area contributed by atoms with Crippen molar-refractivity contribution in [2.75, 3.05) is 19.5 Å². The Hall–Kier alpha value is -1.79. The molecule has 3 rings (SSSR count). The van der Waals surface area contributed by atoms with Gasteiger partial charge in [0.1, 0.15) is 0 Å². The van der Waals surface area contributed by atoms with Gasteiger partial charge in [-0.15, -0.1) is 0 Å². The van der Waals surface area contributed by atoms with Crippen LogP contribution in [0.4, 0.5) is 0 Å². The maximum absolute atomic E-state index is 11.4. The number of nitrogens with zero attached hydrogens (tertiary/aromatic N) is 2. The second-order valence-electron chi connectivity index (χ2n) is 5.40. The number of hydrogen-bond donors (Lipinski definition) is 0. The van der Waals surface area contributed by atoms with Crippen molar-refractivity contribution in [1.82, 2.24) is 9.55 Å². The van der Waals surface area contributed by atoms with Gasteiger partial charge in [0, 0.05) is 6.61 Å². The number of thioether (sulfide) groups is 1. The molecule has 0 bridgehead atoms. The fourth-order valence-electron chi connectivity index (χ4n) is 2.66. The summed E-state index contributed by atoms with van der Waals surface area (Å²) in [6.07, 6.45) is 4.24. The third-order valence-corrected chi connectivity index (χ3v) is 4.81. The highest BCUT2D eigenvalue weighted by atomic mass is 32.2. The summed E-state index contributed by atoms with van der Waals surface area (Å²) in [6.45, 7) is 1.58. The molecule has 1 aliphatic heterocycles. The molecule has 1 unspecified atom stereocenters. The van der Waals surface area contributed by atoms with E-state index in [0.29, 0.717) is 0 Å². The lowest BCUT2D eigenvalue weighted by atomic mass is 10.1. The predicted molar refractivity (Wildman–Crippen MR) is 89.4 cm³/mol. The molecule has 0 radical (unpaired) electrons. The lowest BCUT2D eigenvalue weighted by Gasteiger charge is -2.16. The van der Waals surface area contributed by atoms with E-state index in [0.717, 1.165) is 42.4 Å². The minimum atomic E-state index is -0.247. The SMILES string of the molecule is COC(=O)CSc1ncc(-c2ccccc2)n1CC1CCCO1. The maximum Gasteiger partial charge on any atom is 0.316 e. The molecule has 23 heavy (non-hydrogen) atoms. The van der Waals surface area contributed by atoms with Crippen LogP contribution < -0.4 is 0 Å². The molecule has 5 nitrogen and oxygen atoms in total. The number of esters is 1. The van der Waals surface area contributed by atoms with Crippen LogP contribution in [0.3, 0.4) is 0 Å². The van der Waals surface area contributed by atoms with Crippen molar-refractivity contribution in [2.45, 2.75) is 30.6 Å². The Bertz CT molecular complexity index is 651. The van der Waals surface area contributed by atoms with Crippen molar-refractivity contribution in [3.63, 3.8) is 0 Å². The molecular weight excluding hydrogens is 312 g/mol. The molecule has 0 amide bonds. The number of carbonyl (C=O) groups is 1. The minimum Gasteiger partial charge on any atom is -0.468 e. The number of ether oxygens (including phenoxy) is 2. The van der Waals surface area contributed by atoms with Gasteiger partial charge in [-0.25, -0.2) is 4.98 Å². The molecule has 0 aliphatic carbocycles. The summed E-state index contributed by atoms with van der Waals surface area (Å²) in [4.78, 5) is 15.9. The highest BCUT2D eigenvalue weighted by Crippen LogP contribution is 2.28. The zero-order chi connectivity index (χ0) is 16.1. The van der Waals surface area contributed by atoms with Gasteiger partial charge in [-0.2, -0.15) is 0 Å². The third kappa shape index (κ3) is 3.95. The predicted octanol–water partition coefficient (Wildman–Crippen LogP) is 2.99. The summed E-state index contributed by atoms with van der Waals surface area (Å²) in [7, 11) is 1.40. The number of hydrogen-bond acceptors (Lipinski definition) is 5. The lowest BCUT2D eigenvalue weighted by molar-refractivity contribution is -0.137. The molecular formula is C17H20N2O3S. The van der Waals surface area contributed by atoms with E-state index >= 15 is 0 Å². The number of rotatable bonds is 6. The second kappa shape index (κ2) is 7.66. The summed E-state index contributed by atoms with van der Waals surface area (Å²) >= 11 is 1.40. The van der Waals surface area contributed by atoms with Crippen LogP contribution in [0.5, 0.6) is 0 Å². The van der Waals surface area contributed by atoms with Crippen LogP contribution in [0.15, 0.2) is 41.7 Å². The molecule has 1 saturated heterocycles. The van der Waals surface area contributed by atoms with Crippen LogP contribution in [0, 0.1) is 0 Å².